The zero-order chi connectivity index (χ0) is 11.9. The second kappa shape index (κ2) is 4.55. The maximum Gasteiger partial charge on any atom is 0.0338 e. The molecule has 2 heteroatoms. The summed E-state index contributed by atoms with van der Waals surface area (Å²) >= 11 is 0. The van der Waals surface area contributed by atoms with E-state index in [1.807, 2.05) is 0 Å². The fourth-order valence-electron chi connectivity index (χ4n) is 4.27. The SMILES string of the molecule is CC1CCC2(CCCN2C(C)C2CCC2)CN1. The van der Waals surface area contributed by atoms with Gasteiger partial charge >= 0.3 is 0 Å². The van der Waals surface area contributed by atoms with E-state index >= 15 is 0 Å². The molecule has 0 radical (unpaired) electrons. The molecule has 3 fully saturated rings. The first-order valence-corrected chi connectivity index (χ1v) is 7.71. The van der Waals surface area contributed by atoms with Crippen LogP contribution in [0.4, 0.5) is 0 Å². The van der Waals surface area contributed by atoms with E-state index in [4.69, 9.17) is 0 Å². The van der Waals surface area contributed by atoms with Crippen LogP contribution in [0.2, 0.25) is 0 Å². The average molecular weight is 236 g/mol. The number of hydrogen-bond acceptors (Lipinski definition) is 2. The van der Waals surface area contributed by atoms with Crippen molar-refractivity contribution in [3.63, 3.8) is 0 Å². The molecule has 2 heterocycles. The van der Waals surface area contributed by atoms with E-state index in [2.05, 4.69) is 24.1 Å². The van der Waals surface area contributed by atoms with Crippen molar-refractivity contribution in [1.82, 2.24) is 10.2 Å². The van der Waals surface area contributed by atoms with E-state index in [1.54, 1.807) is 0 Å². The van der Waals surface area contributed by atoms with Gasteiger partial charge in [0.25, 0.3) is 0 Å². The van der Waals surface area contributed by atoms with E-state index < -0.39 is 0 Å². The lowest BCUT2D eigenvalue weighted by Gasteiger charge is -2.49. The number of piperidine rings is 1. The lowest BCUT2D eigenvalue weighted by molar-refractivity contribution is 0.0179. The van der Waals surface area contributed by atoms with Gasteiger partial charge in [0, 0.05) is 24.2 Å². The van der Waals surface area contributed by atoms with Gasteiger partial charge in [-0.25, -0.2) is 0 Å². The fraction of sp³-hybridized carbons (Fsp3) is 1.00. The van der Waals surface area contributed by atoms with Crippen LogP contribution in [0.3, 0.4) is 0 Å². The molecule has 1 aliphatic carbocycles. The third kappa shape index (κ3) is 2.04. The van der Waals surface area contributed by atoms with Crippen molar-refractivity contribution in [2.24, 2.45) is 5.92 Å². The number of likely N-dealkylation sites (tertiary alicyclic amines) is 1. The van der Waals surface area contributed by atoms with E-state index in [9.17, 15) is 0 Å². The summed E-state index contributed by atoms with van der Waals surface area (Å²) in [6.45, 7) is 7.43. The van der Waals surface area contributed by atoms with Crippen molar-refractivity contribution in [2.75, 3.05) is 13.1 Å². The maximum absolute atomic E-state index is 3.73. The van der Waals surface area contributed by atoms with Crippen LogP contribution in [-0.2, 0) is 0 Å². The quantitative estimate of drug-likeness (QED) is 0.793. The van der Waals surface area contributed by atoms with Crippen molar-refractivity contribution in [3.8, 4) is 0 Å². The Bertz CT molecular complexity index is 264. The Hall–Kier alpha value is -0.0800. The number of rotatable bonds is 2. The average Bonchev–Trinajstić information content (AvgIpc) is 2.64. The molecule has 2 aliphatic heterocycles. The molecule has 98 valence electrons. The molecule has 0 aromatic carbocycles. The Kier molecular flexibility index (Phi) is 3.20. The Labute approximate surface area is 106 Å². The van der Waals surface area contributed by atoms with Gasteiger partial charge in [-0.3, -0.25) is 4.90 Å². The molecule has 1 spiro atoms. The lowest BCUT2D eigenvalue weighted by atomic mass is 9.77. The highest BCUT2D eigenvalue weighted by atomic mass is 15.3. The zero-order valence-electron chi connectivity index (χ0n) is 11.5. The van der Waals surface area contributed by atoms with Gasteiger partial charge in [-0.15, -0.1) is 0 Å². The fourth-order valence-corrected chi connectivity index (χ4v) is 4.27. The van der Waals surface area contributed by atoms with E-state index in [1.165, 1.54) is 58.0 Å². The minimum absolute atomic E-state index is 0.529. The third-order valence-corrected chi connectivity index (χ3v) is 5.80. The van der Waals surface area contributed by atoms with E-state index in [-0.39, 0.29) is 0 Å². The Morgan fingerprint density at radius 3 is 2.59 bits per heavy atom. The first-order chi connectivity index (χ1) is 8.21. The summed E-state index contributed by atoms with van der Waals surface area (Å²) in [6.07, 6.45) is 10.1. The topological polar surface area (TPSA) is 15.3 Å². The van der Waals surface area contributed by atoms with Gasteiger partial charge < -0.3 is 5.32 Å². The van der Waals surface area contributed by atoms with Crippen LogP contribution in [0.1, 0.15) is 58.8 Å². The van der Waals surface area contributed by atoms with Crippen LogP contribution >= 0.6 is 0 Å². The summed E-state index contributed by atoms with van der Waals surface area (Å²) in [6, 6.07) is 1.57. The van der Waals surface area contributed by atoms with Crippen molar-refractivity contribution < 1.29 is 0 Å². The molecule has 3 unspecified atom stereocenters. The zero-order valence-corrected chi connectivity index (χ0v) is 11.5. The molecule has 3 aliphatic rings. The van der Waals surface area contributed by atoms with Crippen LogP contribution in [-0.4, -0.2) is 35.6 Å². The van der Waals surface area contributed by atoms with Gasteiger partial charge in [-0.05, 0) is 64.8 Å². The van der Waals surface area contributed by atoms with Crippen molar-refractivity contribution in [3.05, 3.63) is 0 Å². The van der Waals surface area contributed by atoms with Gasteiger partial charge in [0.15, 0.2) is 0 Å². The molecule has 3 rings (SSSR count). The summed E-state index contributed by atoms with van der Waals surface area (Å²) in [7, 11) is 0. The lowest BCUT2D eigenvalue weighted by Crippen LogP contribution is -2.60. The first-order valence-electron chi connectivity index (χ1n) is 7.71. The normalized spacial score (nSPS) is 41.6. The van der Waals surface area contributed by atoms with Crippen molar-refractivity contribution in [2.45, 2.75) is 76.4 Å². The highest BCUT2D eigenvalue weighted by Crippen LogP contribution is 2.42. The molecule has 1 N–H and O–H groups in total. The summed E-state index contributed by atoms with van der Waals surface area (Å²) in [4.78, 5) is 2.88. The second-order valence-electron chi connectivity index (χ2n) is 6.77. The van der Waals surface area contributed by atoms with E-state index in [0.29, 0.717) is 5.54 Å². The van der Waals surface area contributed by atoms with E-state index in [0.717, 1.165) is 18.0 Å². The van der Waals surface area contributed by atoms with Crippen LogP contribution in [0.15, 0.2) is 0 Å². The summed E-state index contributed by atoms with van der Waals surface area (Å²) in [5.74, 6) is 1.00. The molecule has 0 aromatic rings. The van der Waals surface area contributed by atoms with Crippen molar-refractivity contribution >= 4 is 0 Å². The van der Waals surface area contributed by atoms with Crippen LogP contribution in [0, 0.1) is 5.92 Å². The third-order valence-electron chi connectivity index (χ3n) is 5.80. The maximum atomic E-state index is 3.73. The van der Waals surface area contributed by atoms with Crippen LogP contribution in [0.5, 0.6) is 0 Å². The second-order valence-corrected chi connectivity index (χ2v) is 6.77. The molecule has 1 saturated carbocycles. The minimum Gasteiger partial charge on any atom is -0.312 e. The Balaban J connectivity index is 1.70. The predicted molar refractivity (Wildman–Crippen MR) is 72.2 cm³/mol. The predicted octanol–water partition coefficient (Wildman–Crippen LogP) is 2.78. The molecule has 2 nitrogen and oxygen atoms in total. The number of hydrogen-bond donors (Lipinski definition) is 1. The highest BCUT2D eigenvalue weighted by Gasteiger charge is 2.46. The molecule has 3 atom stereocenters. The van der Waals surface area contributed by atoms with Gasteiger partial charge in [0.2, 0.25) is 0 Å². The summed E-state index contributed by atoms with van der Waals surface area (Å²) in [5, 5.41) is 3.73. The van der Waals surface area contributed by atoms with Crippen molar-refractivity contribution in [1.29, 1.82) is 0 Å². The largest absolute Gasteiger partial charge is 0.312 e. The van der Waals surface area contributed by atoms with Crippen LogP contribution in [0.25, 0.3) is 0 Å². The molecular weight excluding hydrogens is 208 g/mol. The number of nitrogens with zero attached hydrogens (tertiary/aromatic N) is 1. The van der Waals surface area contributed by atoms with Gasteiger partial charge in [-0.1, -0.05) is 6.42 Å². The highest BCUT2D eigenvalue weighted by molar-refractivity contribution is 5.03. The molecule has 17 heavy (non-hydrogen) atoms. The standard InChI is InChI=1S/C15H28N2/c1-12-7-9-15(11-16-12)8-4-10-17(15)13(2)14-5-3-6-14/h12-14,16H,3-11H2,1-2H3. The first kappa shape index (κ1) is 12.0. The smallest absolute Gasteiger partial charge is 0.0338 e. The molecule has 0 aromatic heterocycles. The molecule has 0 bridgehead atoms. The molecular formula is C15H28N2. The monoisotopic (exact) mass is 236 g/mol. The van der Waals surface area contributed by atoms with Gasteiger partial charge in [0.1, 0.15) is 0 Å². The minimum atomic E-state index is 0.529. The van der Waals surface area contributed by atoms with Gasteiger partial charge in [-0.2, -0.15) is 0 Å². The molecule has 0 amide bonds. The van der Waals surface area contributed by atoms with Gasteiger partial charge in [0.05, 0.1) is 0 Å². The summed E-state index contributed by atoms with van der Waals surface area (Å²) < 4.78 is 0. The summed E-state index contributed by atoms with van der Waals surface area (Å²) in [5.41, 5.74) is 0.529. The number of nitrogens with one attached hydrogen (secondary N) is 1. The van der Waals surface area contributed by atoms with Crippen LogP contribution < -0.4 is 5.32 Å². The Morgan fingerprint density at radius 1 is 1.18 bits per heavy atom. The molecule has 2 saturated heterocycles. The Morgan fingerprint density at radius 2 is 2.00 bits per heavy atom.